The van der Waals surface area contributed by atoms with Gasteiger partial charge in [0.25, 0.3) is 0 Å². The Bertz CT molecular complexity index is 642. The molecular formula is C16H21BrClN3. The van der Waals surface area contributed by atoms with Crippen LogP contribution >= 0.6 is 28.3 Å². The van der Waals surface area contributed by atoms with Gasteiger partial charge in [0, 0.05) is 22.3 Å². The average molecular weight is 371 g/mol. The number of hydrogen-bond acceptors (Lipinski definition) is 2. The Morgan fingerprint density at radius 3 is 2.48 bits per heavy atom. The summed E-state index contributed by atoms with van der Waals surface area (Å²) in [5, 5.41) is 0. The third kappa shape index (κ3) is 2.32. The van der Waals surface area contributed by atoms with Crippen LogP contribution in [0, 0.1) is 5.41 Å². The zero-order valence-electron chi connectivity index (χ0n) is 12.0. The van der Waals surface area contributed by atoms with Crippen molar-refractivity contribution in [2.45, 2.75) is 43.9 Å². The second-order valence-electron chi connectivity index (χ2n) is 6.72. The lowest BCUT2D eigenvalue weighted by atomic mass is 9.53. The van der Waals surface area contributed by atoms with E-state index < -0.39 is 0 Å². The maximum atomic E-state index is 6.01. The first-order chi connectivity index (χ1) is 9.65. The smallest absolute Gasteiger partial charge is 0.138 e. The number of hydrogen-bond donors (Lipinski definition) is 1. The Morgan fingerprint density at radius 1 is 1.19 bits per heavy atom. The van der Waals surface area contributed by atoms with Crippen LogP contribution in [0.3, 0.4) is 0 Å². The van der Waals surface area contributed by atoms with Crippen molar-refractivity contribution in [3.63, 3.8) is 0 Å². The number of imidazole rings is 1. The summed E-state index contributed by atoms with van der Waals surface area (Å²) in [6.45, 7) is 0.862. The molecule has 0 unspecified atom stereocenters. The van der Waals surface area contributed by atoms with Gasteiger partial charge in [-0.3, -0.25) is 0 Å². The third-order valence-electron chi connectivity index (χ3n) is 5.80. The average Bonchev–Trinajstić information content (AvgIpc) is 2.93. The van der Waals surface area contributed by atoms with Crippen molar-refractivity contribution >= 4 is 34.0 Å². The highest BCUT2D eigenvalue weighted by atomic mass is 79.9. The van der Waals surface area contributed by atoms with Crippen molar-refractivity contribution in [1.82, 2.24) is 9.38 Å². The van der Waals surface area contributed by atoms with Crippen LogP contribution in [0.2, 0.25) is 0 Å². The number of fused-ring (bicyclic) bond motifs is 4. The van der Waals surface area contributed by atoms with E-state index in [-0.39, 0.29) is 12.4 Å². The molecule has 3 aliphatic carbocycles. The standard InChI is InChI=1S/C16H20BrN3.ClH/c17-12-1-8-20-10-13(19-14(20)9-12)16-5-2-15(11-18,3-6-16)4-7-16;/h1,8-10H,2-7,11,18H2;1H. The quantitative estimate of drug-likeness (QED) is 0.866. The molecule has 21 heavy (non-hydrogen) atoms. The number of nitrogens with zero attached hydrogens (tertiary/aromatic N) is 2. The Labute approximate surface area is 139 Å². The van der Waals surface area contributed by atoms with E-state index >= 15 is 0 Å². The summed E-state index contributed by atoms with van der Waals surface area (Å²) < 4.78 is 3.24. The molecule has 3 fully saturated rings. The van der Waals surface area contributed by atoms with E-state index in [1.54, 1.807) is 0 Å². The fourth-order valence-electron chi connectivity index (χ4n) is 4.17. The van der Waals surface area contributed by atoms with E-state index in [9.17, 15) is 0 Å². The second-order valence-corrected chi connectivity index (χ2v) is 7.64. The molecule has 0 amide bonds. The highest BCUT2D eigenvalue weighted by molar-refractivity contribution is 9.10. The van der Waals surface area contributed by atoms with Gasteiger partial charge in [-0.25, -0.2) is 4.98 Å². The van der Waals surface area contributed by atoms with Gasteiger partial charge in [-0.15, -0.1) is 12.4 Å². The van der Waals surface area contributed by atoms with Crippen LogP contribution in [0.1, 0.15) is 44.2 Å². The number of pyridine rings is 1. The normalized spacial score (nSPS) is 31.3. The number of rotatable bonds is 2. The van der Waals surface area contributed by atoms with Gasteiger partial charge < -0.3 is 10.1 Å². The molecule has 2 aromatic heterocycles. The number of aromatic nitrogens is 2. The van der Waals surface area contributed by atoms with Crippen LogP contribution in [-0.4, -0.2) is 15.9 Å². The van der Waals surface area contributed by atoms with E-state index in [1.807, 2.05) is 0 Å². The van der Waals surface area contributed by atoms with Crippen molar-refractivity contribution in [3.8, 4) is 0 Å². The summed E-state index contributed by atoms with van der Waals surface area (Å²) in [5.41, 5.74) is 9.11. The molecular weight excluding hydrogens is 350 g/mol. The molecule has 0 saturated heterocycles. The molecule has 0 radical (unpaired) electrons. The van der Waals surface area contributed by atoms with E-state index in [0.29, 0.717) is 10.8 Å². The Kier molecular flexibility index (Phi) is 3.83. The van der Waals surface area contributed by atoms with Crippen molar-refractivity contribution < 1.29 is 0 Å². The highest BCUT2D eigenvalue weighted by Crippen LogP contribution is 2.57. The Balaban J connectivity index is 0.00000132. The largest absolute Gasteiger partial charge is 0.330 e. The summed E-state index contributed by atoms with van der Waals surface area (Å²) in [7, 11) is 0. The van der Waals surface area contributed by atoms with Crippen LogP contribution < -0.4 is 5.73 Å². The predicted molar refractivity (Wildman–Crippen MR) is 91.0 cm³/mol. The van der Waals surface area contributed by atoms with Crippen molar-refractivity contribution in [3.05, 3.63) is 34.7 Å². The van der Waals surface area contributed by atoms with Gasteiger partial charge >= 0.3 is 0 Å². The van der Waals surface area contributed by atoms with Gasteiger partial charge in [0.2, 0.25) is 0 Å². The minimum atomic E-state index is 0. The van der Waals surface area contributed by atoms with Crippen LogP contribution in [0.15, 0.2) is 29.0 Å². The van der Waals surface area contributed by atoms with Gasteiger partial charge in [-0.1, -0.05) is 15.9 Å². The van der Waals surface area contributed by atoms with Gasteiger partial charge in [-0.05, 0) is 62.6 Å². The van der Waals surface area contributed by atoms with Crippen LogP contribution in [0.25, 0.3) is 5.65 Å². The molecule has 3 nitrogen and oxygen atoms in total. The lowest BCUT2D eigenvalue weighted by molar-refractivity contribution is 0.0452. The van der Waals surface area contributed by atoms with Gasteiger partial charge in [0.05, 0.1) is 5.69 Å². The first kappa shape index (κ1) is 15.3. The Hall–Kier alpha value is -0.580. The SMILES string of the molecule is Cl.NCC12CCC(c3cn4ccc(Br)cc4n3)(CC1)CC2. The molecule has 0 aromatic carbocycles. The summed E-state index contributed by atoms with van der Waals surface area (Å²) in [6.07, 6.45) is 11.9. The van der Waals surface area contributed by atoms with Crippen molar-refractivity contribution in [2.75, 3.05) is 6.54 Å². The fourth-order valence-corrected chi connectivity index (χ4v) is 4.49. The first-order valence-electron chi connectivity index (χ1n) is 7.50. The number of halogens is 2. The van der Waals surface area contributed by atoms with E-state index in [4.69, 9.17) is 10.7 Å². The summed E-state index contributed by atoms with van der Waals surface area (Å²) in [4.78, 5) is 4.92. The molecule has 5 rings (SSSR count). The second kappa shape index (κ2) is 5.25. The van der Waals surface area contributed by atoms with E-state index in [0.717, 1.165) is 16.7 Å². The number of nitrogens with two attached hydrogens (primary N) is 1. The molecule has 3 aliphatic rings. The molecule has 2 heterocycles. The summed E-state index contributed by atoms with van der Waals surface area (Å²) in [5.74, 6) is 0. The van der Waals surface area contributed by atoms with Gasteiger partial charge in [-0.2, -0.15) is 0 Å². The Morgan fingerprint density at radius 2 is 1.86 bits per heavy atom. The molecule has 2 bridgehead atoms. The molecule has 0 atom stereocenters. The van der Waals surface area contributed by atoms with Crippen LogP contribution in [0.5, 0.6) is 0 Å². The minimum absolute atomic E-state index is 0. The maximum absolute atomic E-state index is 6.01. The molecule has 114 valence electrons. The molecule has 2 N–H and O–H groups in total. The lowest BCUT2D eigenvalue weighted by Gasteiger charge is -2.52. The third-order valence-corrected chi connectivity index (χ3v) is 6.29. The van der Waals surface area contributed by atoms with Gasteiger partial charge in [0.1, 0.15) is 5.65 Å². The topological polar surface area (TPSA) is 43.3 Å². The fraction of sp³-hybridized carbons (Fsp3) is 0.562. The predicted octanol–water partition coefficient (Wildman–Crippen LogP) is 4.07. The molecule has 3 saturated carbocycles. The van der Waals surface area contributed by atoms with Gasteiger partial charge in [0.15, 0.2) is 0 Å². The monoisotopic (exact) mass is 369 g/mol. The van der Waals surface area contributed by atoms with Crippen molar-refractivity contribution in [1.29, 1.82) is 0 Å². The zero-order chi connectivity index (χ0) is 13.8. The van der Waals surface area contributed by atoms with Crippen LogP contribution in [-0.2, 0) is 5.41 Å². The minimum Gasteiger partial charge on any atom is -0.330 e. The molecule has 0 aliphatic heterocycles. The maximum Gasteiger partial charge on any atom is 0.138 e. The van der Waals surface area contributed by atoms with Crippen LogP contribution in [0.4, 0.5) is 0 Å². The first-order valence-corrected chi connectivity index (χ1v) is 8.29. The summed E-state index contributed by atoms with van der Waals surface area (Å²) in [6, 6.07) is 4.16. The lowest BCUT2D eigenvalue weighted by Crippen LogP contribution is -2.47. The zero-order valence-corrected chi connectivity index (χ0v) is 14.4. The molecule has 5 heteroatoms. The van der Waals surface area contributed by atoms with E-state index in [2.05, 4.69) is 44.9 Å². The highest BCUT2D eigenvalue weighted by Gasteiger charge is 2.49. The summed E-state index contributed by atoms with van der Waals surface area (Å²) >= 11 is 3.53. The molecule has 2 aromatic rings. The van der Waals surface area contributed by atoms with E-state index in [1.165, 1.54) is 44.2 Å². The molecule has 0 spiro atoms. The van der Waals surface area contributed by atoms with Crippen molar-refractivity contribution in [2.24, 2.45) is 11.1 Å².